The first kappa shape index (κ1) is 14.8. The Morgan fingerprint density at radius 1 is 1.33 bits per heavy atom. The standard InChI is InChI=1S/C12H17F3N2O/c1-2-3-7-10(17-16)9-6-4-5-8-11(9)18-12(13,14)15/h4-6,8,10,17H,2-3,7,16H2,1H3. The van der Waals surface area contributed by atoms with Crippen molar-refractivity contribution in [2.45, 2.75) is 38.6 Å². The normalized spacial score (nSPS) is 13.4. The van der Waals surface area contributed by atoms with Gasteiger partial charge in [0.2, 0.25) is 0 Å². The number of unbranched alkanes of at least 4 members (excludes halogenated alkanes) is 1. The largest absolute Gasteiger partial charge is 0.573 e. The average Bonchev–Trinajstić information content (AvgIpc) is 2.30. The van der Waals surface area contributed by atoms with Gasteiger partial charge in [-0.2, -0.15) is 0 Å². The summed E-state index contributed by atoms with van der Waals surface area (Å²) in [7, 11) is 0. The molecule has 0 aromatic heterocycles. The fraction of sp³-hybridized carbons (Fsp3) is 0.500. The molecule has 0 saturated heterocycles. The summed E-state index contributed by atoms with van der Waals surface area (Å²) in [6.45, 7) is 2.01. The molecule has 0 heterocycles. The second-order valence-corrected chi connectivity index (χ2v) is 3.95. The van der Waals surface area contributed by atoms with Gasteiger partial charge >= 0.3 is 6.36 Å². The number of ether oxygens (including phenoxy) is 1. The number of halogens is 3. The number of nitrogens with two attached hydrogens (primary N) is 1. The van der Waals surface area contributed by atoms with E-state index in [4.69, 9.17) is 5.84 Å². The second kappa shape index (κ2) is 6.61. The van der Waals surface area contributed by atoms with Gasteiger partial charge in [-0.1, -0.05) is 38.0 Å². The van der Waals surface area contributed by atoms with Crippen molar-refractivity contribution in [3.63, 3.8) is 0 Å². The predicted octanol–water partition coefficient (Wildman–Crippen LogP) is 3.28. The Morgan fingerprint density at radius 2 is 2.00 bits per heavy atom. The lowest BCUT2D eigenvalue weighted by molar-refractivity contribution is -0.275. The molecule has 0 saturated carbocycles. The van der Waals surface area contributed by atoms with Gasteiger partial charge in [-0.15, -0.1) is 13.2 Å². The zero-order valence-electron chi connectivity index (χ0n) is 10.1. The highest BCUT2D eigenvalue weighted by atomic mass is 19.4. The van der Waals surface area contributed by atoms with E-state index >= 15 is 0 Å². The second-order valence-electron chi connectivity index (χ2n) is 3.95. The Hall–Kier alpha value is -1.27. The van der Waals surface area contributed by atoms with Gasteiger partial charge in [0, 0.05) is 11.6 Å². The number of para-hydroxylation sites is 1. The molecule has 0 radical (unpaired) electrons. The third kappa shape index (κ3) is 4.54. The van der Waals surface area contributed by atoms with Crippen LogP contribution < -0.4 is 16.0 Å². The van der Waals surface area contributed by atoms with Gasteiger partial charge in [0.15, 0.2) is 0 Å². The highest BCUT2D eigenvalue weighted by Gasteiger charge is 2.32. The Bertz CT molecular complexity index is 369. The molecule has 1 aromatic carbocycles. The van der Waals surface area contributed by atoms with Crippen LogP contribution in [0.25, 0.3) is 0 Å². The maximum Gasteiger partial charge on any atom is 0.573 e. The SMILES string of the molecule is CCCCC(NN)c1ccccc1OC(F)(F)F. The maximum absolute atomic E-state index is 12.3. The first-order chi connectivity index (χ1) is 8.48. The molecule has 1 unspecified atom stereocenters. The van der Waals surface area contributed by atoms with E-state index in [1.165, 1.54) is 12.1 Å². The van der Waals surface area contributed by atoms with E-state index in [0.717, 1.165) is 12.8 Å². The van der Waals surface area contributed by atoms with Crippen LogP contribution in [-0.4, -0.2) is 6.36 Å². The monoisotopic (exact) mass is 262 g/mol. The van der Waals surface area contributed by atoms with Crippen LogP contribution in [-0.2, 0) is 0 Å². The van der Waals surface area contributed by atoms with Crippen molar-refractivity contribution in [3.8, 4) is 5.75 Å². The van der Waals surface area contributed by atoms with Crippen LogP contribution >= 0.6 is 0 Å². The fourth-order valence-corrected chi connectivity index (χ4v) is 1.72. The first-order valence-corrected chi connectivity index (χ1v) is 5.78. The lowest BCUT2D eigenvalue weighted by Gasteiger charge is -2.20. The van der Waals surface area contributed by atoms with Crippen molar-refractivity contribution >= 4 is 0 Å². The molecule has 1 aromatic rings. The van der Waals surface area contributed by atoms with E-state index in [2.05, 4.69) is 10.2 Å². The van der Waals surface area contributed by atoms with Crippen LogP contribution in [0.2, 0.25) is 0 Å². The third-order valence-corrected chi connectivity index (χ3v) is 2.57. The van der Waals surface area contributed by atoms with Crippen LogP contribution in [0.3, 0.4) is 0 Å². The minimum Gasteiger partial charge on any atom is -0.405 e. The van der Waals surface area contributed by atoms with Crippen LogP contribution in [0.4, 0.5) is 13.2 Å². The summed E-state index contributed by atoms with van der Waals surface area (Å²) in [6, 6.07) is 5.69. The molecule has 3 nitrogen and oxygen atoms in total. The van der Waals surface area contributed by atoms with Gasteiger partial charge in [0.05, 0.1) is 0 Å². The maximum atomic E-state index is 12.3. The number of hydrogen-bond acceptors (Lipinski definition) is 3. The van der Waals surface area contributed by atoms with Crippen LogP contribution in [0.5, 0.6) is 5.75 Å². The molecule has 0 bridgehead atoms. The van der Waals surface area contributed by atoms with Crippen molar-refractivity contribution in [1.29, 1.82) is 0 Å². The third-order valence-electron chi connectivity index (χ3n) is 2.57. The molecule has 1 rings (SSSR count). The van der Waals surface area contributed by atoms with Crippen molar-refractivity contribution in [1.82, 2.24) is 5.43 Å². The minimum atomic E-state index is -4.69. The Balaban J connectivity index is 2.91. The van der Waals surface area contributed by atoms with Gasteiger partial charge in [-0.3, -0.25) is 11.3 Å². The summed E-state index contributed by atoms with van der Waals surface area (Å²) < 4.78 is 40.8. The van der Waals surface area contributed by atoms with Crippen molar-refractivity contribution < 1.29 is 17.9 Å². The number of hydrogen-bond donors (Lipinski definition) is 2. The first-order valence-electron chi connectivity index (χ1n) is 5.78. The van der Waals surface area contributed by atoms with Crippen molar-refractivity contribution in [2.75, 3.05) is 0 Å². The van der Waals surface area contributed by atoms with Crippen LogP contribution in [0.15, 0.2) is 24.3 Å². The fourth-order valence-electron chi connectivity index (χ4n) is 1.72. The van der Waals surface area contributed by atoms with E-state index in [1.54, 1.807) is 12.1 Å². The van der Waals surface area contributed by atoms with E-state index in [-0.39, 0.29) is 11.8 Å². The number of hydrazine groups is 1. The molecule has 1 atom stereocenters. The Morgan fingerprint density at radius 3 is 2.56 bits per heavy atom. The van der Waals surface area contributed by atoms with Gasteiger partial charge < -0.3 is 4.74 Å². The lowest BCUT2D eigenvalue weighted by Crippen LogP contribution is -2.29. The summed E-state index contributed by atoms with van der Waals surface area (Å²) in [5.74, 6) is 5.19. The summed E-state index contributed by atoms with van der Waals surface area (Å²) in [5, 5.41) is 0. The number of nitrogens with one attached hydrogen (secondary N) is 1. The highest BCUT2D eigenvalue weighted by molar-refractivity contribution is 5.36. The zero-order valence-corrected chi connectivity index (χ0v) is 10.1. The number of benzene rings is 1. The van der Waals surface area contributed by atoms with E-state index in [1.807, 2.05) is 6.92 Å². The van der Waals surface area contributed by atoms with E-state index < -0.39 is 6.36 Å². The summed E-state index contributed by atoms with van der Waals surface area (Å²) in [4.78, 5) is 0. The molecule has 0 aliphatic heterocycles. The molecule has 18 heavy (non-hydrogen) atoms. The molecular weight excluding hydrogens is 245 g/mol. The quantitative estimate of drug-likeness (QED) is 0.611. The highest BCUT2D eigenvalue weighted by Crippen LogP contribution is 2.31. The van der Waals surface area contributed by atoms with Crippen molar-refractivity contribution in [2.24, 2.45) is 5.84 Å². The van der Waals surface area contributed by atoms with Crippen molar-refractivity contribution in [3.05, 3.63) is 29.8 Å². The Labute approximate surface area is 104 Å². The molecule has 102 valence electrons. The smallest absolute Gasteiger partial charge is 0.405 e. The van der Waals surface area contributed by atoms with E-state index in [0.29, 0.717) is 12.0 Å². The van der Waals surface area contributed by atoms with Gasteiger partial charge in [-0.05, 0) is 12.5 Å². The molecule has 0 fully saturated rings. The molecule has 0 amide bonds. The van der Waals surface area contributed by atoms with Crippen LogP contribution in [0, 0.1) is 0 Å². The molecule has 0 aliphatic carbocycles. The summed E-state index contributed by atoms with van der Waals surface area (Å²) in [5.41, 5.74) is 2.95. The number of rotatable bonds is 6. The summed E-state index contributed by atoms with van der Waals surface area (Å²) in [6.07, 6.45) is -2.22. The van der Waals surface area contributed by atoms with Crippen LogP contribution in [0.1, 0.15) is 37.8 Å². The zero-order chi connectivity index (χ0) is 13.6. The molecular formula is C12H17F3N2O. The molecule has 0 spiro atoms. The minimum absolute atomic E-state index is 0.205. The number of alkyl halides is 3. The predicted molar refractivity (Wildman–Crippen MR) is 62.7 cm³/mol. The van der Waals surface area contributed by atoms with Gasteiger partial charge in [0.1, 0.15) is 5.75 Å². The topological polar surface area (TPSA) is 47.3 Å². The average molecular weight is 262 g/mol. The lowest BCUT2D eigenvalue weighted by atomic mass is 10.0. The van der Waals surface area contributed by atoms with Gasteiger partial charge in [0.25, 0.3) is 0 Å². The summed E-state index contributed by atoms with van der Waals surface area (Å²) >= 11 is 0. The molecule has 0 aliphatic rings. The molecule has 6 heteroatoms. The van der Waals surface area contributed by atoms with E-state index in [9.17, 15) is 13.2 Å². The Kier molecular flexibility index (Phi) is 5.43. The van der Waals surface area contributed by atoms with Gasteiger partial charge in [-0.25, -0.2) is 0 Å². The molecule has 3 N–H and O–H groups in total.